The van der Waals surface area contributed by atoms with E-state index < -0.39 is 0 Å². The van der Waals surface area contributed by atoms with E-state index in [1.165, 1.54) is 0 Å². The number of carbonyl (C=O) groups is 2. The number of rotatable bonds is 5. The summed E-state index contributed by atoms with van der Waals surface area (Å²) in [6.07, 6.45) is 2.90. The third-order valence-corrected chi connectivity index (χ3v) is 4.89. The highest BCUT2D eigenvalue weighted by molar-refractivity contribution is 5.94. The molecular weight excluding hydrogens is 338 g/mol. The van der Waals surface area contributed by atoms with Crippen LogP contribution in [0.1, 0.15) is 48.0 Å². The lowest BCUT2D eigenvalue weighted by atomic mass is 9.89. The molecule has 27 heavy (non-hydrogen) atoms. The van der Waals surface area contributed by atoms with Crippen molar-refractivity contribution in [2.75, 3.05) is 25.0 Å². The summed E-state index contributed by atoms with van der Waals surface area (Å²) in [4.78, 5) is 26.7. The van der Waals surface area contributed by atoms with E-state index in [0.29, 0.717) is 18.7 Å². The minimum Gasteiger partial charge on any atom is -0.352 e. The molecule has 1 aliphatic heterocycles. The lowest BCUT2D eigenvalue weighted by Crippen LogP contribution is -2.41. The fourth-order valence-corrected chi connectivity index (χ4v) is 3.43. The second-order valence-corrected chi connectivity index (χ2v) is 6.96. The number of hydrogen-bond donors (Lipinski definition) is 2. The number of hydrogen-bond acceptors (Lipinski definition) is 2. The van der Waals surface area contributed by atoms with Crippen LogP contribution in [-0.2, 0) is 0 Å². The zero-order chi connectivity index (χ0) is 19.1. The second kappa shape index (κ2) is 9.21. The number of nitrogens with zero attached hydrogens (tertiary/aromatic N) is 1. The van der Waals surface area contributed by atoms with Crippen molar-refractivity contribution >= 4 is 17.6 Å². The molecule has 0 saturated carbocycles. The van der Waals surface area contributed by atoms with E-state index in [4.69, 9.17) is 0 Å². The molecule has 142 valence electrons. The van der Waals surface area contributed by atoms with E-state index in [2.05, 4.69) is 16.7 Å². The molecule has 5 nitrogen and oxygen atoms in total. The molecule has 0 radical (unpaired) electrons. The van der Waals surface area contributed by atoms with E-state index in [9.17, 15) is 9.59 Å². The molecule has 1 fully saturated rings. The molecular formula is C22H27N3O2. The number of benzene rings is 2. The number of urea groups is 1. The maximum absolute atomic E-state index is 12.6. The Morgan fingerprint density at radius 1 is 1.11 bits per heavy atom. The first-order valence-electron chi connectivity index (χ1n) is 9.66. The van der Waals surface area contributed by atoms with Gasteiger partial charge in [0.15, 0.2) is 0 Å². The van der Waals surface area contributed by atoms with Crippen LogP contribution >= 0.6 is 0 Å². The van der Waals surface area contributed by atoms with Gasteiger partial charge in [-0.3, -0.25) is 4.79 Å². The van der Waals surface area contributed by atoms with Gasteiger partial charge in [0, 0.05) is 36.8 Å². The molecule has 1 aliphatic rings. The van der Waals surface area contributed by atoms with Gasteiger partial charge in [0.05, 0.1) is 0 Å². The summed E-state index contributed by atoms with van der Waals surface area (Å²) in [5.74, 6) is 0.215. The smallest absolute Gasteiger partial charge is 0.321 e. The highest BCUT2D eigenvalue weighted by Crippen LogP contribution is 2.28. The summed E-state index contributed by atoms with van der Waals surface area (Å²) in [6.45, 7) is 4.14. The average molecular weight is 365 g/mol. The second-order valence-electron chi connectivity index (χ2n) is 6.96. The van der Waals surface area contributed by atoms with Gasteiger partial charge in [-0.2, -0.15) is 0 Å². The molecule has 1 unspecified atom stereocenters. The normalized spacial score (nSPS) is 16.6. The molecule has 1 heterocycles. The van der Waals surface area contributed by atoms with Crippen molar-refractivity contribution in [2.45, 2.75) is 32.1 Å². The number of amides is 3. The van der Waals surface area contributed by atoms with Crippen molar-refractivity contribution < 1.29 is 9.59 Å². The third kappa shape index (κ3) is 5.09. The molecule has 3 rings (SSSR count). The molecule has 2 N–H and O–H groups in total. The van der Waals surface area contributed by atoms with Crippen LogP contribution in [0, 0.1) is 0 Å². The Kier molecular flexibility index (Phi) is 6.47. The van der Waals surface area contributed by atoms with E-state index >= 15 is 0 Å². The first-order chi connectivity index (χ1) is 13.2. The van der Waals surface area contributed by atoms with Crippen molar-refractivity contribution in [3.63, 3.8) is 0 Å². The standard InChI is InChI=1S/C22H27N3O2/c1-2-13-23-21(26)18-9-6-8-17(15-18)19-10-7-14-25(16-19)22(27)24-20-11-4-3-5-12-20/h3-6,8-9,11-12,15,19H,2,7,10,13-14,16H2,1H3,(H,23,26)(H,24,27). The summed E-state index contributed by atoms with van der Waals surface area (Å²) in [5, 5.41) is 5.88. The van der Waals surface area contributed by atoms with Gasteiger partial charge in [-0.1, -0.05) is 37.3 Å². The highest BCUT2D eigenvalue weighted by Gasteiger charge is 2.25. The average Bonchev–Trinajstić information content (AvgIpc) is 2.73. The number of piperidine rings is 1. The first kappa shape index (κ1) is 19.0. The number of para-hydroxylation sites is 1. The van der Waals surface area contributed by atoms with Crippen molar-refractivity contribution in [3.8, 4) is 0 Å². The number of anilines is 1. The van der Waals surface area contributed by atoms with E-state index in [0.717, 1.165) is 37.1 Å². The number of carbonyl (C=O) groups excluding carboxylic acids is 2. The minimum absolute atomic E-state index is 0.0341. The van der Waals surface area contributed by atoms with Crippen LogP contribution in [0.4, 0.5) is 10.5 Å². The summed E-state index contributed by atoms with van der Waals surface area (Å²) in [6, 6.07) is 17.2. The monoisotopic (exact) mass is 365 g/mol. The Morgan fingerprint density at radius 2 is 1.93 bits per heavy atom. The molecule has 5 heteroatoms. The van der Waals surface area contributed by atoms with Crippen molar-refractivity contribution in [3.05, 3.63) is 65.7 Å². The first-order valence-corrected chi connectivity index (χ1v) is 9.66. The fraction of sp³-hybridized carbons (Fsp3) is 0.364. The molecule has 1 atom stereocenters. The topological polar surface area (TPSA) is 61.4 Å². The largest absolute Gasteiger partial charge is 0.352 e. The van der Waals surface area contributed by atoms with Crippen molar-refractivity contribution in [1.29, 1.82) is 0 Å². The molecule has 0 spiro atoms. The highest BCUT2D eigenvalue weighted by atomic mass is 16.2. The quantitative estimate of drug-likeness (QED) is 0.833. The zero-order valence-corrected chi connectivity index (χ0v) is 15.8. The van der Waals surface area contributed by atoms with Crippen LogP contribution in [0.25, 0.3) is 0 Å². The maximum Gasteiger partial charge on any atom is 0.321 e. The maximum atomic E-state index is 12.6. The van der Waals surface area contributed by atoms with Gasteiger partial charge >= 0.3 is 6.03 Å². The molecule has 2 aromatic carbocycles. The van der Waals surface area contributed by atoms with Gasteiger partial charge in [0.2, 0.25) is 0 Å². The summed E-state index contributed by atoms with van der Waals surface area (Å²) in [7, 11) is 0. The van der Waals surface area contributed by atoms with Crippen LogP contribution in [0.15, 0.2) is 54.6 Å². The summed E-state index contributed by atoms with van der Waals surface area (Å²) < 4.78 is 0. The molecule has 0 aliphatic carbocycles. The summed E-state index contributed by atoms with van der Waals surface area (Å²) >= 11 is 0. The molecule has 2 aromatic rings. The molecule has 3 amide bonds. The van der Waals surface area contributed by atoms with Gasteiger partial charge in [-0.25, -0.2) is 4.79 Å². The van der Waals surface area contributed by atoms with Gasteiger partial charge in [-0.15, -0.1) is 0 Å². The van der Waals surface area contributed by atoms with Crippen LogP contribution in [-0.4, -0.2) is 36.5 Å². The fourth-order valence-electron chi connectivity index (χ4n) is 3.43. The predicted molar refractivity (Wildman–Crippen MR) is 108 cm³/mol. The van der Waals surface area contributed by atoms with Gasteiger partial charge in [0.1, 0.15) is 0 Å². The van der Waals surface area contributed by atoms with Crippen molar-refractivity contribution in [2.24, 2.45) is 0 Å². The Balaban J connectivity index is 1.65. The lowest BCUT2D eigenvalue weighted by molar-refractivity contribution is 0.0953. The predicted octanol–water partition coefficient (Wildman–Crippen LogP) is 4.24. The van der Waals surface area contributed by atoms with E-state index in [1.807, 2.05) is 60.4 Å². The molecule has 0 bridgehead atoms. The Labute approximate surface area is 160 Å². The van der Waals surface area contributed by atoms with E-state index in [-0.39, 0.29) is 17.9 Å². The van der Waals surface area contributed by atoms with Crippen LogP contribution in [0.2, 0.25) is 0 Å². The van der Waals surface area contributed by atoms with E-state index in [1.54, 1.807) is 0 Å². The van der Waals surface area contributed by atoms with Crippen LogP contribution in [0.5, 0.6) is 0 Å². The van der Waals surface area contributed by atoms with Crippen LogP contribution < -0.4 is 10.6 Å². The lowest BCUT2D eigenvalue weighted by Gasteiger charge is -2.33. The SMILES string of the molecule is CCCNC(=O)c1cccc(C2CCCN(C(=O)Nc3ccccc3)C2)c1. The Bertz CT molecular complexity index is 776. The minimum atomic E-state index is -0.0669. The Morgan fingerprint density at radius 3 is 2.70 bits per heavy atom. The van der Waals surface area contributed by atoms with Crippen LogP contribution in [0.3, 0.4) is 0 Å². The molecule has 1 saturated heterocycles. The van der Waals surface area contributed by atoms with Gasteiger partial charge in [0.25, 0.3) is 5.91 Å². The third-order valence-electron chi connectivity index (χ3n) is 4.89. The number of likely N-dealkylation sites (tertiary alicyclic amines) is 1. The van der Waals surface area contributed by atoms with Gasteiger partial charge < -0.3 is 15.5 Å². The number of nitrogens with one attached hydrogen (secondary N) is 2. The van der Waals surface area contributed by atoms with Crippen molar-refractivity contribution in [1.82, 2.24) is 10.2 Å². The van der Waals surface area contributed by atoms with Gasteiger partial charge in [-0.05, 0) is 49.1 Å². The molecule has 0 aromatic heterocycles. The Hall–Kier alpha value is -2.82. The summed E-state index contributed by atoms with van der Waals surface area (Å²) in [5.41, 5.74) is 2.61. The zero-order valence-electron chi connectivity index (χ0n) is 15.8.